The molecule has 0 saturated heterocycles. The lowest BCUT2D eigenvalue weighted by molar-refractivity contribution is -0.212. The fourth-order valence-electron chi connectivity index (χ4n) is 7.73. The molecule has 4 nitrogen and oxygen atoms in total. The SMILES string of the molecule is C=C1[C@@H]2C[C@H](O)[C@@H]3[C@@]4(C)CCC[C@@](C)(C(=O)O)[C@@H]4CC[C@@]3(C2)[C@H]1O. The average Bonchev–Trinajstić information content (AvgIpc) is 2.68. The minimum atomic E-state index is -0.717. The van der Waals surface area contributed by atoms with E-state index in [1.165, 1.54) is 0 Å². The Balaban J connectivity index is 1.82. The van der Waals surface area contributed by atoms with Gasteiger partial charge in [-0.2, -0.15) is 0 Å². The average molecular weight is 334 g/mol. The molecule has 2 bridgehead atoms. The van der Waals surface area contributed by atoms with Gasteiger partial charge in [-0.1, -0.05) is 19.9 Å². The van der Waals surface area contributed by atoms with Gasteiger partial charge in [0.15, 0.2) is 0 Å². The van der Waals surface area contributed by atoms with Gasteiger partial charge < -0.3 is 15.3 Å². The van der Waals surface area contributed by atoms with Crippen molar-refractivity contribution in [3.05, 3.63) is 12.2 Å². The van der Waals surface area contributed by atoms with E-state index in [2.05, 4.69) is 13.5 Å². The second kappa shape index (κ2) is 4.85. The molecule has 4 aliphatic rings. The van der Waals surface area contributed by atoms with Crippen molar-refractivity contribution >= 4 is 5.97 Å². The highest BCUT2D eigenvalue weighted by molar-refractivity contribution is 5.75. The first-order chi connectivity index (χ1) is 11.2. The normalized spacial score (nSPS) is 56.5. The Morgan fingerprint density at radius 3 is 2.58 bits per heavy atom. The third kappa shape index (κ3) is 1.74. The number of carboxylic acids is 1. The summed E-state index contributed by atoms with van der Waals surface area (Å²) in [6.07, 6.45) is 4.80. The minimum Gasteiger partial charge on any atom is -0.481 e. The van der Waals surface area contributed by atoms with Crippen LogP contribution in [0, 0.1) is 34.0 Å². The zero-order valence-electron chi connectivity index (χ0n) is 14.8. The first-order valence-corrected chi connectivity index (χ1v) is 9.45. The summed E-state index contributed by atoms with van der Waals surface area (Å²) in [5.41, 5.74) is -0.331. The van der Waals surface area contributed by atoms with Gasteiger partial charge >= 0.3 is 5.97 Å². The van der Waals surface area contributed by atoms with Crippen LogP contribution in [-0.4, -0.2) is 33.5 Å². The summed E-state index contributed by atoms with van der Waals surface area (Å²) in [4.78, 5) is 12.1. The van der Waals surface area contributed by atoms with Crippen molar-refractivity contribution in [3.8, 4) is 0 Å². The Hall–Kier alpha value is -0.870. The number of aliphatic hydroxyl groups excluding tert-OH is 2. The molecule has 4 fully saturated rings. The quantitative estimate of drug-likeness (QED) is 0.644. The molecule has 0 aromatic heterocycles. The van der Waals surface area contributed by atoms with Gasteiger partial charge in [-0.3, -0.25) is 4.79 Å². The molecule has 8 atom stereocenters. The summed E-state index contributed by atoms with van der Waals surface area (Å²) in [5, 5.41) is 31.9. The van der Waals surface area contributed by atoms with Crippen LogP contribution < -0.4 is 0 Å². The van der Waals surface area contributed by atoms with Gasteiger partial charge in [0.05, 0.1) is 17.6 Å². The number of fused-ring (bicyclic) bond motifs is 3. The molecule has 0 radical (unpaired) electrons. The zero-order chi connectivity index (χ0) is 17.5. The smallest absolute Gasteiger partial charge is 0.309 e. The van der Waals surface area contributed by atoms with Gasteiger partial charge in [0.2, 0.25) is 0 Å². The van der Waals surface area contributed by atoms with Crippen molar-refractivity contribution < 1.29 is 20.1 Å². The molecule has 0 heterocycles. The molecule has 134 valence electrons. The number of carboxylic acid groups (broad SMARTS) is 1. The van der Waals surface area contributed by atoms with E-state index in [4.69, 9.17) is 0 Å². The lowest BCUT2D eigenvalue weighted by Gasteiger charge is -2.64. The van der Waals surface area contributed by atoms with Crippen LogP contribution in [0.25, 0.3) is 0 Å². The van der Waals surface area contributed by atoms with E-state index in [-0.39, 0.29) is 28.6 Å². The summed E-state index contributed by atoms with van der Waals surface area (Å²) < 4.78 is 0. The van der Waals surface area contributed by atoms with Gasteiger partial charge in [-0.15, -0.1) is 0 Å². The van der Waals surface area contributed by atoms with Gasteiger partial charge in [0.1, 0.15) is 0 Å². The largest absolute Gasteiger partial charge is 0.481 e. The van der Waals surface area contributed by atoms with Crippen molar-refractivity contribution in [2.75, 3.05) is 0 Å². The summed E-state index contributed by atoms with van der Waals surface area (Å²) in [6, 6.07) is 0. The maximum atomic E-state index is 12.1. The van der Waals surface area contributed by atoms with E-state index in [1.54, 1.807) is 0 Å². The molecule has 4 saturated carbocycles. The zero-order valence-corrected chi connectivity index (χ0v) is 14.8. The van der Waals surface area contributed by atoms with Crippen molar-refractivity contribution in [1.82, 2.24) is 0 Å². The van der Waals surface area contributed by atoms with Crippen LogP contribution >= 0.6 is 0 Å². The van der Waals surface area contributed by atoms with Gasteiger partial charge in [-0.05, 0) is 74.2 Å². The number of aliphatic carboxylic acids is 1. The topological polar surface area (TPSA) is 77.8 Å². The predicted molar refractivity (Wildman–Crippen MR) is 90.2 cm³/mol. The van der Waals surface area contributed by atoms with E-state index in [9.17, 15) is 20.1 Å². The molecule has 3 N–H and O–H groups in total. The van der Waals surface area contributed by atoms with Crippen LogP contribution in [0.1, 0.15) is 58.8 Å². The highest BCUT2D eigenvalue weighted by Crippen LogP contribution is 2.72. The van der Waals surface area contributed by atoms with Crippen molar-refractivity contribution in [1.29, 1.82) is 0 Å². The van der Waals surface area contributed by atoms with Gasteiger partial charge in [0.25, 0.3) is 0 Å². The highest BCUT2D eigenvalue weighted by Gasteiger charge is 2.69. The van der Waals surface area contributed by atoms with Crippen LogP contribution in [0.15, 0.2) is 12.2 Å². The second-order valence-corrected chi connectivity index (χ2v) is 9.57. The van der Waals surface area contributed by atoms with E-state index >= 15 is 0 Å². The van der Waals surface area contributed by atoms with E-state index in [0.29, 0.717) is 6.42 Å². The third-order valence-corrected chi connectivity index (χ3v) is 8.65. The molecule has 4 aliphatic carbocycles. The van der Waals surface area contributed by atoms with E-state index in [0.717, 1.165) is 44.1 Å². The number of hydrogen-bond acceptors (Lipinski definition) is 3. The van der Waals surface area contributed by atoms with E-state index in [1.807, 2.05) is 6.92 Å². The number of rotatable bonds is 1. The molecule has 4 heteroatoms. The summed E-state index contributed by atoms with van der Waals surface area (Å²) in [5.74, 6) is -0.429. The third-order valence-electron chi connectivity index (χ3n) is 8.65. The summed E-state index contributed by atoms with van der Waals surface area (Å²) >= 11 is 0. The van der Waals surface area contributed by atoms with Crippen molar-refractivity contribution in [2.45, 2.75) is 71.0 Å². The fourth-order valence-corrected chi connectivity index (χ4v) is 7.73. The molecule has 1 spiro atoms. The highest BCUT2D eigenvalue weighted by atomic mass is 16.4. The first-order valence-electron chi connectivity index (χ1n) is 9.45. The van der Waals surface area contributed by atoms with Crippen LogP contribution in [0.4, 0.5) is 0 Å². The molecule has 0 unspecified atom stereocenters. The first kappa shape index (κ1) is 16.6. The Kier molecular flexibility index (Phi) is 3.35. The van der Waals surface area contributed by atoms with Crippen LogP contribution in [0.5, 0.6) is 0 Å². The molecule has 0 aromatic carbocycles. The van der Waals surface area contributed by atoms with Crippen LogP contribution in [0.2, 0.25) is 0 Å². The van der Waals surface area contributed by atoms with E-state index < -0.39 is 23.6 Å². The van der Waals surface area contributed by atoms with Gasteiger partial charge in [-0.25, -0.2) is 0 Å². The predicted octanol–water partition coefficient (Wildman–Crippen LogP) is 2.98. The Labute approximate surface area is 144 Å². The standard InChI is InChI=1S/C20H30O4/c1-11-12-9-13(21)15-18(2)6-4-7-19(3,17(23)24)14(18)5-8-20(15,10-12)16(11)22/h12-16,21-22H,1,4-10H2,2-3H3,(H,23,24)/t12-,13+,14-,15-,16+,18+,19-,20+/m1/s1. The van der Waals surface area contributed by atoms with Crippen molar-refractivity contribution in [3.63, 3.8) is 0 Å². The number of carbonyl (C=O) groups is 1. The Morgan fingerprint density at radius 2 is 1.92 bits per heavy atom. The Bertz CT molecular complexity index is 600. The summed E-state index contributed by atoms with van der Waals surface area (Å²) in [6.45, 7) is 8.22. The van der Waals surface area contributed by atoms with Crippen LogP contribution in [0.3, 0.4) is 0 Å². The Morgan fingerprint density at radius 1 is 1.21 bits per heavy atom. The monoisotopic (exact) mass is 334 g/mol. The second-order valence-electron chi connectivity index (χ2n) is 9.57. The number of aliphatic hydroxyl groups is 2. The molecule has 24 heavy (non-hydrogen) atoms. The fraction of sp³-hybridized carbons (Fsp3) is 0.850. The molecular weight excluding hydrogens is 304 g/mol. The lowest BCUT2D eigenvalue weighted by Crippen LogP contribution is -2.63. The molecule has 0 amide bonds. The molecular formula is C20H30O4. The maximum absolute atomic E-state index is 12.1. The molecule has 0 aliphatic heterocycles. The lowest BCUT2D eigenvalue weighted by atomic mass is 9.40. The van der Waals surface area contributed by atoms with Crippen LogP contribution in [-0.2, 0) is 4.79 Å². The van der Waals surface area contributed by atoms with Crippen molar-refractivity contribution in [2.24, 2.45) is 34.0 Å². The maximum Gasteiger partial charge on any atom is 0.309 e. The minimum absolute atomic E-state index is 0.0202. The summed E-state index contributed by atoms with van der Waals surface area (Å²) in [7, 11) is 0. The van der Waals surface area contributed by atoms with Gasteiger partial charge in [0, 0.05) is 5.41 Å². The molecule has 4 rings (SSSR count). The number of hydrogen-bond donors (Lipinski definition) is 3. The molecule has 0 aromatic rings.